The Balaban J connectivity index is 2.44. The Labute approximate surface area is 82.5 Å². The maximum Gasteiger partial charge on any atom is 0.229 e. The van der Waals surface area contributed by atoms with Crippen LogP contribution in [0.5, 0.6) is 0 Å². The summed E-state index contributed by atoms with van der Waals surface area (Å²) < 4.78 is 1.75. The first-order chi connectivity index (χ1) is 6.59. The van der Waals surface area contributed by atoms with E-state index in [9.17, 15) is 4.79 Å². The van der Waals surface area contributed by atoms with Crippen molar-refractivity contribution in [3.63, 3.8) is 0 Å². The lowest BCUT2D eigenvalue weighted by Crippen LogP contribution is -2.23. The van der Waals surface area contributed by atoms with E-state index in [1.165, 1.54) is 0 Å². The number of nitrogens with zero attached hydrogens (tertiary/aromatic N) is 2. The highest BCUT2D eigenvalue weighted by molar-refractivity contribution is 5.97. The molecule has 0 spiro atoms. The molecule has 1 aliphatic heterocycles. The van der Waals surface area contributed by atoms with Crippen molar-refractivity contribution in [3.05, 3.63) is 5.69 Å². The zero-order valence-electron chi connectivity index (χ0n) is 8.59. The third-order valence-electron chi connectivity index (χ3n) is 2.49. The summed E-state index contributed by atoms with van der Waals surface area (Å²) in [4.78, 5) is 11.6. The molecule has 0 radical (unpaired) electrons. The van der Waals surface area contributed by atoms with Crippen molar-refractivity contribution >= 4 is 17.4 Å². The molecule has 0 saturated heterocycles. The molecule has 2 rings (SSSR count). The van der Waals surface area contributed by atoms with Crippen molar-refractivity contribution in [2.45, 2.75) is 13.8 Å². The summed E-state index contributed by atoms with van der Waals surface area (Å²) in [6, 6.07) is 0. The van der Waals surface area contributed by atoms with Gasteiger partial charge in [-0.1, -0.05) is 6.92 Å². The SMILES string of the molecule is Cc1nn(C)c2c1NC(=O)C(C)CN2. The lowest BCUT2D eigenvalue weighted by Gasteiger charge is -2.06. The van der Waals surface area contributed by atoms with Gasteiger partial charge < -0.3 is 10.6 Å². The van der Waals surface area contributed by atoms with Gasteiger partial charge >= 0.3 is 0 Å². The molecule has 14 heavy (non-hydrogen) atoms. The number of carbonyl (C=O) groups excluding carboxylic acids is 1. The van der Waals surface area contributed by atoms with Crippen molar-refractivity contribution in [2.24, 2.45) is 13.0 Å². The number of amides is 1. The van der Waals surface area contributed by atoms with E-state index < -0.39 is 0 Å². The molecule has 0 bridgehead atoms. The van der Waals surface area contributed by atoms with E-state index in [-0.39, 0.29) is 11.8 Å². The molecule has 0 fully saturated rings. The summed E-state index contributed by atoms with van der Waals surface area (Å²) in [6.45, 7) is 4.44. The van der Waals surface area contributed by atoms with Gasteiger partial charge in [-0.25, -0.2) is 0 Å². The smallest absolute Gasteiger partial charge is 0.229 e. The van der Waals surface area contributed by atoms with Crippen molar-refractivity contribution in [3.8, 4) is 0 Å². The number of nitrogens with one attached hydrogen (secondary N) is 2. The molecule has 1 amide bonds. The number of aryl methyl sites for hydroxylation is 2. The molecule has 2 N–H and O–H groups in total. The lowest BCUT2D eigenvalue weighted by atomic mass is 10.2. The summed E-state index contributed by atoms with van der Waals surface area (Å²) in [7, 11) is 1.86. The quantitative estimate of drug-likeness (QED) is 0.640. The number of hydrogen-bond acceptors (Lipinski definition) is 3. The van der Waals surface area contributed by atoms with Gasteiger partial charge in [0.2, 0.25) is 5.91 Å². The number of aromatic nitrogens is 2. The molecule has 1 aromatic rings. The van der Waals surface area contributed by atoms with Crippen LogP contribution < -0.4 is 10.6 Å². The van der Waals surface area contributed by atoms with E-state index in [0.29, 0.717) is 6.54 Å². The van der Waals surface area contributed by atoms with Crippen molar-refractivity contribution in [1.82, 2.24) is 9.78 Å². The van der Waals surface area contributed by atoms with Gasteiger partial charge in [0.25, 0.3) is 0 Å². The van der Waals surface area contributed by atoms with Crippen molar-refractivity contribution < 1.29 is 4.79 Å². The van der Waals surface area contributed by atoms with Crippen LogP contribution in [0.4, 0.5) is 11.5 Å². The van der Waals surface area contributed by atoms with E-state index in [1.807, 2.05) is 20.9 Å². The molecule has 1 unspecified atom stereocenters. The van der Waals surface area contributed by atoms with Gasteiger partial charge in [0.1, 0.15) is 11.5 Å². The highest BCUT2D eigenvalue weighted by Gasteiger charge is 2.23. The predicted octanol–water partition coefficient (Wildman–Crippen LogP) is 0.729. The standard InChI is InChI=1S/C9H14N4O/c1-5-4-10-8-7(11-9(5)14)6(2)12-13(8)3/h5,10H,4H2,1-3H3,(H,11,14). The van der Waals surface area contributed by atoms with E-state index in [4.69, 9.17) is 0 Å². The van der Waals surface area contributed by atoms with Crippen LogP contribution in [0.2, 0.25) is 0 Å². The van der Waals surface area contributed by atoms with Crippen molar-refractivity contribution in [2.75, 3.05) is 17.2 Å². The van der Waals surface area contributed by atoms with Gasteiger partial charge in [0, 0.05) is 13.6 Å². The van der Waals surface area contributed by atoms with Gasteiger partial charge in [-0.2, -0.15) is 5.10 Å². The second-order valence-corrected chi connectivity index (χ2v) is 3.70. The molecule has 1 aliphatic rings. The summed E-state index contributed by atoms with van der Waals surface area (Å²) in [5.74, 6) is 0.925. The molecule has 0 saturated carbocycles. The molecule has 0 aliphatic carbocycles. The topological polar surface area (TPSA) is 59.0 Å². The van der Waals surface area contributed by atoms with Gasteiger partial charge in [0.05, 0.1) is 11.6 Å². The highest BCUT2D eigenvalue weighted by Crippen LogP contribution is 2.27. The molecule has 1 aromatic heterocycles. The molecule has 5 nitrogen and oxygen atoms in total. The molecule has 5 heteroatoms. The summed E-state index contributed by atoms with van der Waals surface area (Å²) >= 11 is 0. The second kappa shape index (κ2) is 3.01. The minimum atomic E-state index is -0.0122. The molecule has 0 aromatic carbocycles. The summed E-state index contributed by atoms with van der Waals surface area (Å²) in [5, 5.41) is 10.3. The third kappa shape index (κ3) is 1.25. The fourth-order valence-electron chi connectivity index (χ4n) is 1.60. The average Bonchev–Trinajstić information content (AvgIpc) is 2.31. The van der Waals surface area contributed by atoms with Crippen LogP contribution in [0.15, 0.2) is 0 Å². The first kappa shape index (κ1) is 9.05. The van der Waals surface area contributed by atoms with Gasteiger partial charge in [-0.05, 0) is 6.92 Å². The van der Waals surface area contributed by atoms with E-state index in [0.717, 1.165) is 17.2 Å². The number of hydrogen-bond donors (Lipinski definition) is 2. The fourth-order valence-corrected chi connectivity index (χ4v) is 1.60. The number of anilines is 2. The fraction of sp³-hybridized carbons (Fsp3) is 0.556. The maximum atomic E-state index is 11.6. The Kier molecular flexibility index (Phi) is 1.94. The van der Waals surface area contributed by atoms with Crippen LogP contribution in [-0.4, -0.2) is 22.2 Å². The number of rotatable bonds is 0. The largest absolute Gasteiger partial charge is 0.368 e. The first-order valence-corrected chi connectivity index (χ1v) is 4.68. The van der Waals surface area contributed by atoms with Gasteiger partial charge in [-0.15, -0.1) is 0 Å². The Hall–Kier alpha value is -1.52. The molecular weight excluding hydrogens is 180 g/mol. The van der Waals surface area contributed by atoms with Crippen molar-refractivity contribution in [1.29, 1.82) is 0 Å². The average molecular weight is 194 g/mol. The highest BCUT2D eigenvalue weighted by atomic mass is 16.1. The number of fused-ring (bicyclic) bond motifs is 1. The van der Waals surface area contributed by atoms with Crippen LogP contribution in [0.3, 0.4) is 0 Å². The van der Waals surface area contributed by atoms with Crippen LogP contribution in [-0.2, 0) is 11.8 Å². The van der Waals surface area contributed by atoms with Crippen LogP contribution in [0.1, 0.15) is 12.6 Å². The minimum absolute atomic E-state index is 0.0122. The zero-order chi connectivity index (χ0) is 10.3. The van der Waals surface area contributed by atoms with E-state index >= 15 is 0 Å². The van der Waals surface area contributed by atoms with Gasteiger partial charge in [0.15, 0.2) is 0 Å². The Morgan fingerprint density at radius 3 is 3.00 bits per heavy atom. The number of carbonyl (C=O) groups is 1. The van der Waals surface area contributed by atoms with Gasteiger partial charge in [-0.3, -0.25) is 9.48 Å². The molecule has 1 atom stereocenters. The summed E-state index contributed by atoms with van der Waals surface area (Å²) in [5.41, 5.74) is 1.65. The van der Waals surface area contributed by atoms with Crippen LogP contribution in [0, 0.1) is 12.8 Å². The molecular formula is C9H14N4O. The molecule has 76 valence electrons. The van der Waals surface area contributed by atoms with Crippen LogP contribution >= 0.6 is 0 Å². The van der Waals surface area contributed by atoms with E-state index in [1.54, 1.807) is 4.68 Å². The first-order valence-electron chi connectivity index (χ1n) is 4.68. The lowest BCUT2D eigenvalue weighted by molar-refractivity contribution is -0.118. The molecule has 2 heterocycles. The Morgan fingerprint density at radius 2 is 2.29 bits per heavy atom. The minimum Gasteiger partial charge on any atom is -0.368 e. The Bertz CT molecular complexity index is 382. The normalized spacial score (nSPS) is 20.8. The maximum absolute atomic E-state index is 11.6. The zero-order valence-corrected chi connectivity index (χ0v) is 8.59. The van der Waals surface area contributed by atoms with E-state index in [2.05, 4.69) is 15.7 Å². The van der Waals surface area contributed by atoms with Crippen LogP contribution in [0.25, 0.3) is 0 Å². The third-order valence-corrected chi connectivity index (χ3v) is 2.49. The predicted molar refractivity (Wildman–Crippen MR) is 54.2 cm³/mol. The Morgan fingerprint density at radius 1 is 1.57 bits per heavy atom. The summed E-state index contributed by atoms with van der Waals surface area (Å²) in [6.07, 6.45) is 0. The monoisotopic (exact) mass is 194 g/mol. The second-order valence-electron chi connectivity index (χ2n) is 3.70.